The van der Waals surface area contributed by atoms with E-state index in [0.717, 1.165) is 5.56 Å². The lowest BCUT2D eigenvalue weighted by molar-refractivity contribution is -0.142. The summed E-state index contributed by atoms with van der Waals surface area (Å²) >= 11 is 0. The van der Waals surface area contributed by atoms with Gasteiger partial charge in [-0.15, -0.1) is 0 Å². The number of benzene rings is 1. The highest BCUT2D eigenvalue weighted by molar-refractivity contribution is 5.76. The Hall–Kier alpha value is -2.24. The Morgan fingerprint density at radius 3 is 2.55 bits per heavy atom. The number of hydrogen-bond acceptors (Lipinski definition) is 5. The Balaban J connectivity index is 2.63. The number of azide groups is 1. The lowest BCUT2D eigenvalue weighted by Crippen LogP contribution is -2.22. The molecule has 7 nitrogen and oxygen atoms in total. The minimum atomic E-state index is -0.856. The van der Waals surface area contributed by atoms with E-state index in [4.69, 9.17) is 15.0 Å². The Kier molecular flexibility index (Phi) is 6.95. The van der Waals surface area contributed by atoms with Crippen molar-refractivity contribution in [3.05, 3.63) is 40.3 Å². The average molecular weight is 279 g/mol. The second kappa shape index (κ2) is 8.79. The van der Waals surface area contributed by atoms with Crippen molar-refractivity contribution in [2.24, 2.45) is 5.11 Å². The molecule has 0 spiro atoms. The topological polar surface area (TPSA) is 93.5 Å². The van der Waals surface area contributed by atoms with Crippen molar-refractivity contribution in [2.75, 3.05) is 27.4 Å². The first-order valence-electron chi connectivity index (χ1n) is 6.04. The molecule has 108 valence electrons. The predicted octanol–water partition coefficient (Wildman–Crippen LogP) is 2.11. The van der Waals surface area contributed by atoms with Crippen LogP contribution < -0.4 is 4.74 Å². The monoisotopic (exact) mass is 279 g/mol. The first-order valence-corrected chi connectivity index (χ1v) is 6.04. The number of esters is 1. The second-order valence-corrected chi connectivity index (χ2v) is 3.93. The third-order valence-electron chi connectivity index (χ3n) is 2.57. The van der Waals surface area contributed by atoms with Gasteiger partial charge in [0.05, 0.1) is 13.7 Å². The minimum absolute atomic E-state index is 0.287. The van der Waals surface area contributed by atoms with Crippen LogP contribution in [0.2, 0.25) is 0 Å². The fraction of sp³-hybridized carbons (Fsp3) is 0.462. The molecule has 0 aromatic heterocycles. The van der Waals surface area contributed by atoms with Crippen LogP contribution in [-0.2, 0) is 20.7 Å². The van der Waals surface area contributed by atoms with E-state index in [1.807, 2.05) is 12.1 Å². The van der Waals surface area contributed by atoms with Crippen LogP contribution in [-0.4, -0.2) is 39.4 Å². The van der Waals surface area contributed by atoms with E-state index in [0.29, 0.717) is 19.0 Å². The lowest BCUT2D eigenvalue weighted by atomic mass is 10.1. The van der Waals surface area contributed by atoms with E-state index in [2.05, 4.69) is 14.8 Å². The van der Waals surface area contributed by atoms with Crippen LogP contribution in [0.25, 0.3) is 10.4 Å². The maximum atomic E-state index is 11.4. The number of nitrogens with zero attached hydrogens (tertiary/aromatic N) is 3. The molecule has 0 fully saturated rings. The van der Waals surface area contributed by atoms with E-state index in [-0.39, 0.29) is 6.42 Å². The van der Waals surface area contributed by atoms with Crippen LogP contribution >= 0.6 is 0 Å². The molecule has 0 saturated heterocycles. The quantitative estimate of drug-likeness (QED) is 0.239. The molecular formula is C13H17N3O4. The first-order chi connectivity index (χ1) is 9.71. The summed E-state index contributed by atoms with van der Waals surface area (Å²) in [7, 11) is 2.87. The summed E-state index contributed by atoms with van der Waals surface area (Å²) in [5, 5.41) is 3.43. The SMILES string of the molecule is COCCOc1ccc(CC(N=[N+]=[N-])C(=O)OC)cc1. The summed E-state index contributed by atoms with van der Waals surface area (Å²) in [5.74, 6) is 0.160. The van der Waals surface area contributed by atoms with Gasteiger partial charge in [0.25, 0.3) is 0 Å². The summed E-state index contributed by atoms with van der Waals surface area (Å²) < 4.78 is 14.9. The molecule has 0 aliphatic heterocycles. The Bertz CT molecular complexity index is 469. The van der Waals surface area contributed by atoms with Gasteiger partial charge in [-0.25, -0.2) is 0 Å². The van der Waals surface area contributed by atoms with Crippen molar-refractivity contribution >= 4 is 5.97 Å². The van der Waals surface area contributed by atoms with Crippen molar-refractivity contribution in [2.45, 2.75) is 12.5 Å². The van der Waals surface area contributed by atoms with Gasteiger partial charge in [-0.1, -0.05) is 17.2 Å². The molecule has 1 aromatic carbocycles. The number of hydrogen-bond donors (Lipinski definition) is 0. The van der Waals surface area contributed by atoms with Crippen molar-refractivity contribution < 1.29 is 19.0 Å². The third-order valence-corrected chi connectivity index (χ3v) is 2.57. The number of rotatable bonds is 8. The zero-order valence-corrected chi connectivity index (χ0v) is 11.5. The van der Waals surface area contributed by atoms with Crippen LogP contribution in [0, 0.1) is 0 Å². The number of methoxy groups -OCH3 is 2. The summed E-state index contributed by atoms with van der Waals surface area (Å²) in [6.45, 7) is 0.989. The molecule has 0 heterocycles. The fourth-order valence-electron chi connectivity index (χ4n) is 1.56. The highest BCUT2D eigenvalue weighted by atomic mass is 16.5. The van der Waals surface area contributed by atoms with Gasteiger partial charge in [-0.2, -0.15) is 0 Å². The highest BCUT2D eigenvalue weighted by Gasteiger charge is 2.17. The molecule has 0 saturated carbocycles. The van der Waals surface area contributed by atoms with E-state index in [1.165, 1.54) is 7.11 Å². The molecule has 7 heteroatoms. The van der Waals surface area contributed by atoms with Crippen molar-refractivity contribution in [3.63, 3.8) is 0 Å². The molecule has 1 rings (SSSR count). The second-order valence-electron chi connectivity index (χ2n) is 3.93. The first kappa shape index (κ1) is 15.8. The maximum Gasteiger partial charge on any atom is 0.314 e. The van der Waals surface area contributed by atoms with Crippen LogP contribution in [0.1, 0.15) is 5.56 Å². The summed E-state index contributed by atoms with van der Waals surface area (Å²) in [6.07, 6.45) is 0.287. The van der Waals surface area contributed by atoms with E-state index < -0.39 is 12.0 Å². The molecule has 0 aliphatic carbocycles. The van der Waals surface area contributed by atoms with Crippen molar-refractivity contribution in [1.82, 2.24) is 0 Å². The van der Waals surface area contributed by atoms with Crippen LogP contribution in [0.3, 0.4) is 0 Å². The number of ether oxygens (including phenoxy) is 3. The summed E-state index contributed by atoms with van der Waals surface area (Å²) in [6, 6.07) is 6.34. The highest BCUT2D eigenvalue weighted by Crippen LogP contribution is 2.15. The van der Waals surface area contributed by atoms with Crippen LogP contribution in [0.4, 0.5) is 0 Å². The largest absolute Gasteiger partial charge is 0.491 e. The summed E-state index contributed by atoms with van der Waals surface area (Å²) in [4.78, 5) is 14.1. The van der Waals surface area contributed by atoms with Crippen LogP contribution in [0.15, 0.2) is 29.4 Å². The van der Waals surface area contributed by atoms with Gasteiger partial charge in [0, 0.05) is 12.0 Å². The van der Waals surface area contributed by atoms with Gasteiger partial charge in [0.1, 0.15) is 18.4 Å². The standard InChI is InChI=1S/C13H17N3O4/c1-18-7-8-20-11-5-3-10(4-6-11)9-12(15-16-14)13(17)19-2/h3-6,12H,7-9H2,1-2H3. The molecule has 1 unspecified atom stereocenters. The fourth-order valence-corrected chi connectivity index (χ4v) is 1.56. The van der Waals surface area contributed by atoms with Gasteiger partial charge in [0.15, 0.2) is 0 Å². The predicted molar refractivity (Wildman–Crippen MR) is 72.5 cm³/mol. The summed E-state index contributed by atoms with van der Waals surface area (Å²) in [5.41, 5.74) is 9.30. The molecular weight excluding hydrogens is 262 g/mol. The van der Waals surface area contributed by atoms with Gasteiger partial charge in [-0.05, 0) is 29.6 Å². The maximum absolute atomic E-state index is 11.4. The van der Waals surface area contributed by atoms with Crippen molar-refractivity contribution in [3.8, 4) is 5.75 Å². The normalized spacial score (nSPS) is 11.3. The Morgan fingerprint density at radius 2 is 2.00 bits per heavy atom. The van der Waals surface area contributed by atoms with Crippen LogP contribution in [0.5, 0.6) is 5.75 Å². The Labute approximate surface area is 117 Å². The molecule has 20 heavy (non-hydrogen) atoms. The molecule has 0 N–H and O–H groups in total. The molecule has 0 bridgehead atoms. The molecule has 1 atom stereocenters. The third kappa shape index (κ3) is 5.17. The van der Waals surface area contributed by atoms with E-state index >= 15 is 0 Å². The van der Waals surface area contributed by atoms with Gasteiger partial charge in [0.2, 0.25) is 0 Å². The zero-order chi connectivity index (χ0) is 14.8. The van der Waals surface area contributed by atoms with Gasteiger partial charge < -0.3 is 14.2 Å². The molecule has 1 aromatic rings. The van der Waals surface area contributed by atoms with E-state index in [1.54, 1.807) is 19.2 Å². The molecule has 0 amide bonds. The Morgan fingerprint density at radius 1 is 1.30 bits per heavy atom. The number of carbonyl (C=O) groups is 1. The van der Waals surface area contributed by atoms with Crippen molar-refractivity contribution in [1.29, 1.82) is 0 Å². The average Bonchev–Trinajstić information content (AvgIpc) is 2.48. The van der Waals surface area contributed by atoms with E-state index in [9.17, 15) is 4.79 Å². The zero-order valence-electron chi connectivity index (χ0n) is 11.5. The molecule has 0 radical (unpaired) electrons. The molecule has 0 aliphatic rings. The van der Waals surface area contributed by atoms with Gasteiger partial charge in [-0.3, -0.25) is 4.79 Å². The number of carbonyl (C=O) groups excluding carboxylic acids is 1. The van der Waals surface area contributed by atoms with Gasteiger partial charge >= 0.3 is 5.97 Å². The minimum Gasteiger partial charge on any atom is -0.491 e. The smallest absolute Gasteiger partial charge is 0.314 e. The lowest BCUT2D eigenvalue weighted by Gasteiger charge is -2.10.